The van der Waals surface area contributed by atoms with Crippen LogP contribution in [0.4, 0.5) is 0 Å². The first-order chi connectivity index (χ1) is 8.65. The van der Waals surface area contributed by atoms with Crippen LogP contribution in [-0.4, -0.2) is 52.3 Å². The number of hydrogen-bond acceptors (Lipinski definition) is 5. The normalized spacial score (nSPS) is 20.8. The van der Waals surface area contributed by atoms with Gasteiger partial charge in [-0.2, -0.15) is 0 Å². The number of nitrogens with zero attached hydrogens (tertiary/aromatic N) is 2. The van der Waals surface area contributed by atoms with Gasteiger partial charge < -0.3 is 14.9 Å². The lowest BCUT2D eigenvalue weighted by molar-refractivity contribution is -0.137. The second kappa shape index (κ2) is 5.79. The molecule has 2 rings (SSSR count). The highest BCUT2D eigenvalue weighted by molar-refractivity contribution is 5.66. The molecule has 18 heavy (non-hydrogen) atoms. The number of hydrogen-bond donors (Lipinski definition) is 2. The Balaban J connectivity index is 1.93. The largest absolute Gasteiger partial charge is 0.506 e. The van der Waals surface area contributed by atoms with Gasteiger partial charge in [0, 0.05) is 19.6 Å². The SMILES string of the molecule is O=C(O)CCN1CCOC(c2ccc(O)cn2)C1. The fraction of sp³-hybridized carbons (Fsp3) is 0.500. The summed E-state index contributed by atoms with van der Waals surface area (Å²) in [5.74, 6) is -0.668. The first-order valence-corrected chi connectivity index (χ1v) is 5.86. The Morgan fingerprint density at radius 1 is 1.56 bits per heavy atom. The highest BCUT2D eigenvalue weighted by Gasteiger charge is 2.23. The maximum absolute atomic E-state index is 10.5. The van der Waals surface area contributed by atoms with Crippen molar-refractivity contribution >= 4 is 5.97 Å². The maximum atomic E-state index is 10.5. The summed E-state index contributed by atoms with van der Waals surface area (Å²) in [6.45, 7) is 2.45. The van der Waals surface area contributed by atoms with Crippen molar-refractivity contribution in [3.8, 4) is 5.75 Å². The molecule has 0 saturated carbocycles. The minimum Gasteiger partial charge on any atom is -0.506 e. The Morgan fingerprint density at radius 3 is 3.06 bits per heavy atom. The van der Waals surface area contributed by atoms with E-state index in [2.05, 4.69) is 9.88 Å². The first-order valence-electron chi connectivity index (χ1n) is 5.86. The lowest BCUT2D eigenvalue weighted by Gasteiger charge is -2.32. The van der Waals surface area contributed by atoms with Gasteiger partial charge in [-0.1, -0.05) is 0 Å². The fourth-order valence-corrected chi connectivity index (χ4v) is 1.93. The molecule has 0 aliphatic carbocycles. The van der Waals surface area contributed by atoms with E-state index in [4.69, 9.17) is 9.84 Å². The molecule has 1 aromatic heterocycles. The van der Waals surface area contributed by atoms with Crippen LogP contribution >= 0.6 is 0 Å². The van der Waals surface area contributed by atoms with Crippen LogP contribution < -0.4 is 0 Å². The van der Waals surface area contributed by atoms with Crippen molar-refractivity contribution in [3.05, 3.63) is 24.0 Å². The Kier molecular flexibility index (Phi) is 4.11. The van der Waals surface area contributed by atoms with Gasteiger partial charge in [-0.15, -0.1) is 0 Å². The monoisotopic (exact) mass is 252 g/mol. The molecule has 1 atom stereocenters. The summed E-state index contributed by atoms with van der Waals surface area (Å²) in [5, 5.41) is 17.8. The van der Waals surface area contributed by atoms with Gasteiger partial charge >= 0.3 is 5.97 Å². The van der Waals surface area contributed by atoms with Gasteiger partial charge in [0.2, 0.25) is 0 Å². The number of carboxylic acids is 1. The molecular weight excluding hydrogens is 236 g/mol. The van der Waals surface area contributed by atoms with Gasteiger partial charge in [-0.05, 0) is 12.1 Å². The van der Waals surface area contributed by atoms with Crippen molar-refractivity contribution in [1.82, 2.24) is 9.88 Å². The molecule has 0 radical (unpaired) electrons. The summed E-state index contributed by atoms with van der Waals surface area (Å²) < 4.78 is 5.61. The summed E-state index contributed by atoms with van der Waals surface area (Å²) in [6, 6.07) is 3.29. The number of carbonyl (C=O) groups is 1. The summed E-state index contributed by atoms with van der Waals surface area (Å²) in [4.78, 5) is 16.7. The fourth-order valence-electron chi connectivity index (χ4n) is 1.93. The molecule has 0 spiro atoms. The minimum atomic E-state index is -0.791. The van der Waals surface area contributed by atoms with Gasteiger partial charge in [-0.3, -0.25) is 14.7 Å². The van der Waals surface area contributed by atoms with E-state index in [-0.39, 0.29) is 18.3 Å². The van der Waals surface area contributed by atoms with E-state index >= 15 is 0 Å². The molecule has 1 aliphatic heterocycles. The van der Waals surface area contributed by atoms with Gasteiger partial charge in [0.15, 0.2) is 0 Å². The number of rotatable bonds is 4. The molecule has 2 heterocycles. The summed E-state index contributed by atoms with van der Waals surface area (Å²) >= 11 is 0. The molecule has 1 fully saturated rings. The third kappa shape index (κ3) is 3.41. The Morgan fingerprint density at radius 2 is 2.39 bits per heavy atom. The van der Waals surface area contributed by atoms with E-state index in [1.807, 2.05) is 0 Å². The van der Waals surface area contributed by atoms with Crippen LogP contribution in [0.1, 0.15) is 18.2 Å². The molecule has 1 aromatic rings. The number of aliphatic carboxylic acids is 1. The number of pyridine rings is 1. The number of ether oxygens (including phenoxy) is 1. The lowest BCUT2D eigenvalue weighted by Crippen LogP contribution is -2.39. The van der Waals surface area contributed by atoms with Crippen LogP contribution in [0.2, 0.25) is 0 Å². The van der Waals surface area contributed by atoms with E-state index in [1.54, 1.807) is 12.1 Å². The van der Waals surface area contributed by atoms with Crippen LogP contribution in [0.5, 0.6) is 5.75 Å². The van der Waals surface area contributed by atoms with E-state index in [0.717, 1.165) is 12.2 Å². The second-order valence-electron chi connectivity index (χ2n) is 4.25. The summed E-state index contributed by atoms with van der Waals surface area (Å²) in [7, 11) is 0. The van der Waals surface area contributed by atoms with E-state index in [0.29, 0.717) is 19.7 Å². The van der Waals surface area contributed by atoms with Crippen molar-refractivity contribution < 1.29 is 19.7 Å². The average Bonchev–Trinajstić information content (AvgIpc) is 2.37. The highest BCUT2D eigenvalue weighted by atomic mass is 16.5. The predicted octanol–water partition coefficient (Wildman–Crippen LogP) is 0.635. The molecule has 0 amide bonds. The van der Waals surface area contributed by atoms with Gasteiger partial charge in [0.25, 0.3) is 0 Å². The third-order valence-electron chi connectivity index (χ3n) is 2.89. The second-order valence-corrected chi connectivity index (χ2v) is 4.25. The average molecular weight is 252 g/mol. The smallest absolute Gasteiger partial charge is 0.304 e. The molecule has 2 N–H and O–H groups in total. The molecule has 6 nitrogen and oxygen atoms in total. The zero-order valence-electron chi connectivity index (χ0n) is 9.95. The zero-order chi connectivity index (χ0) is 13.0. The van der Waals surface area contributed by atoms with Crippen LogP contribution in [0, 0.1) is 0 Å². The maximum Gasteiger partial charge on any atom is 0.304 e. The van der Waals surface area contributed by atoms with Crippen LogP contribution in [0.25, 0.3) is 0 Å². The number of morpholine rings is 1. The zero-order valence-corrected chi connectivity index (χ0v) is 9.95. The van der Waals surface area contributed by atoms with E-state index < -0.39 is 5.97 Å². The van der Waals surface area contributed by atoms with Gasteiger partial charge in [0.05, 0.1) is 24.9 Å². The number of aromatic nitrogens is 1. The Labute approximate surface area is 105 Å². The predicted molar refractivity (Wildman–Crippen MR) is 63.3 cm³/mol. The molecule has 1 unspecified atom stereocenters. The van der Waals surface area contributed by atoms with Crippen molar-refractivity contribution in [3.63, 3.8) is 0 Å². The Bertz CT molecular complexity index is 407. The van der Waals surface area contributed by atoms with Crippen LogP contribution in [0.3, 0.4) is 0 Å². The molecule has 6 heteroatoms. The molecule has 0 aromatic carbocycles. The molecule has 0 bridgehead atoms. The summed E-state index contributed by atoms with van der Waals surface area (Å²) in [6.07, 6.45) is 1.36. The van der Waals surface area contributed by atoms with E-state index in [1.165, 1.54) is 6.20 Å². The summed E-state index contributed by atoms with van der Waals surface area (Å²) in [5.41, 5.74) is 0.757. The Hall–Kier alpha value is -1.66. The van der Waals surface area contributed by atoms with Crippen LogP contribution in [-0.2, 0) is 9.53 Å². The van der Waals surface area contributed by atoms with Crippen molar-refractivity contribution in [2.24, 2.45) is 0 Å². The first kappa shape index (κ1) is 12.8. The van der Waals surface area contributed by atoms with Gasteiger partial charge in [0.1, 0.15) is 11.9 Å². The number of aromatic hydroxyl groups is 1. The molecular formula is C12H16N2O4. The lowest BCUT2D eigenvalue weighted by atomic mass is 10.2. The molecule has 98 valence electrons. The highest BCUT2D eigenvalue weighted by Crippen LogP contribution is 2.21. The van der Waals surface area contributed by atoms with Crippen molar-refractivity contribution in [2.45, 2.75) is 12.5 Å². The van der Waals surface area contributed by atoms with Crippen molar-refractivity contribution in [1.29, 1.82) is 0 Å². The van der Waals surface area contributed by atoms with Crippen molar-refractivity contribution in [2.75, 3.05) is 26.2 Å². The minimum absolute atomic E-state index is 0.122. The topological polar surface area (TPSA) is 82.9 Å². The van der Waals surface area contributed by atoms with Crippen LogP contribution in [0.15, 0.2) is 18.3 Å². The van der Waals surface area contributed by atoms with E-state index in [9.17, 15) is 9.90 Å². The third-order valence-corrected chi connectivity index (χ3v) is 2.89. The quantitative estimate of drug-likeness (QED) is 0.818. The molecule has 1 saturated heterocycles. The standard InChI is InChI=1S/C12H16N2O4/c15-9-1-2-10(13-7-9)11-8-14(5-6-18-11)4-3-12(16)17/h1-2,7,11,15H,3-6,8H2,(H,16,17). The van der Waals surface area contributed by atoms with Gasteiger partial charge in [-0.25, -0.2) is 0 Å². The number of carboxylic acid groups (broad SMARTS) is 1. The molecule has 1 aliphatic rings.